The van der Waals surface area contributed by atoms with Gasteiger partial charge in [0, 0.05) is 24.0 Å². The van der Waals surface area contributed by atoms with Crippen LogP contribution in [-0.2, 0) is 11.4 Å². The van der Waals surface area contributed by atoms with Gasteiger partial charge in [-0.25, -0.2) is 4.79 Å². The number of hydrogen-bond donors (Lipinski definition) is 1. The SMILES string of the molecule is CCOc1cccc(/C=C/C(=O)O)c1OCc1ccncc1. The molecule has 0 aliphatic carbocycles. The zero-order valence-corrected chi connectivity index (χ0v) is 12.2. The molecule has 22 heavy (non-hydrogen) atoms. The van der Waals surface area contributed by atoms with E-state index in [-0.39, 0.29) is 0 Å². The van der Waals surface area contributed by atoms with Crippen LogP contribution in [-0.4, -0.2) is 22.7 Å². The fourth-order valence-corrected chi connectivity index (χ4v) is 1.88. The van der Waals surface area contributed by atoms with Gasteiger partial charge in [0.05, 0.1) is 6.61 Å². The third-order valence-electron chi connectivity index (χ3n) is 2.85. The van der Waals surface area contributed by atoms with Crippen molar-refractivity contribution in [3.05, 3.63) is 59.9 Å². The number of rotatable bonds is 7. The van der Waals surface area contributed by atoms with E-state index in [0.29, 0.717) is 30.3 Å². The molecule has 5 heteroatoms. The minimum atomic E-state index is -1.01. The number of benzene rings is 1. The first kappa shape index (κ1) is 15.6. The molecule has 0 spiro atoms. The maximum Gasteiger partial charge on any atom is 0.328 e. The van der Waals surface area contributed by atoms with Crippen LogP contribution in [0, 0.1) is 0 Å². The predicted octanol–water partition coefficient (Wildman–Crippen LogP) is 3.16. The number of aromatic nitrogens is 1. The van der Waals surface area contributed by atoms with Crippen molar-refractivity contribution in [3.8, 4) is 11.5 Å². The molecule has 1 heterocycles. The number of carboxylic acids is 1. The summed E-state index contributed by atoms with van der Waals surface area (Å²) in [7, 11) is 0. The van der Waals surface area contributed by atoms with Crippen LogP contribution in [0.3, 0.4) is 0 Å². The molecule has 0 amide bonds. The summed E-state index contributed by atoms with van der Waals surface area (Å²) in [5, 5.41) is 8.78. The summed E-state index contributed by atoms with van der Waals surface area (Å²) in [5.74, 6) is 0.102. The molecule has 5 nitrogen and oxygen atoms in total. The van der Waals surface area contributed by atoms with Crippen LogP contribution in [0.2, 0.25) is 0 Å². The van der Waals surface area contributed by atoms with E-state index in [1.165, 1.54) is 6.08 Å². The van der Waals surface area contributed by atoms with E-state index in [9.17, 15) is 4.79 Å². The summed E-state index contributed by atoms with van der Waals surface area (Å²) in [4.78, 5) is 14.7. The Morgan fingerprint density at radius 1 is 1.23 bits per heavy atom. The van der Waals surface area contributed by atoms with Crippen LogP contribution in [0.1, 0.15) is 18.1 Å². The van der Waals surface area contributed by atoms with Gasteiger partial charge in [0.15, 0.2) is 11.5 Å². The highest BCUT2D eigenvalue weighted by Crippen LogP contribution is 2.33. The van der Waals surface area contributed by atoms with E-state index < -0.39 is 5.97 Å². The first-order chi connectivity index (χ1) is 10.7. The maximum atomic E-state index is 10.7. The van der Waals surface area contributed by atoms with Crippen molar-refractivity contribution in [2.45, 2.75) is 13.5 Å². The van der Waals surface area contributed by atoms with Crippen molar-refractivity contribution in [1.82, 2.24) is 4.98 Å². The Bertz CT molecular complexity index is 653. The van der Waals surface area contributed by atoms with Crippen molar-refractivity contribution in [1.29, 1.82) is 0 Å². The summed E-state index contributed by atoms with van der Waals surface area (Å²) in [5.41, 5.74) is 1.62. The van der Waals surface area contributed by atoms with Crippen LogP contribution in [0.25, 0.3) is 6.08 Å². The number of carbonyl (C=O) groups is 1. The lowest BCUT2D eigenvalue weighted by Gasteiger charge is -2.14. The molecule has 0 bridgehead atoms. The summed E-state index contributed by atoms with van der Waals surface area (Å²) in [6, 6.07) is 9.09. The molecule has 0 aliphatic rings. The largest absolute Gasteiger partial charge is 0.490 e. The monoisotopic (exact) mass is 299 g/mol. The highest BCUT2D eigenvalue weighted by Gasteiger charge is 2.10. The molecule has 1 N–H and O–H groups in total. The molecule has 0 fully saturated rings. The molecule has 2 aromatic rings. The molecule has 0 radical (unpaired) electrons. The lowest BCUT2D eigenvalue weighted by Crippen LogP contribution is -2.01. The Kier molecular flexibility index (Phi) is 5.54. The Hall–Kier alpha value is -2.82. The summed E-state index contributed by atoms with van der Waals surface area (Å²) in [6.45, 7) is 2.73. The molecule has 2 rings (SSSR count). The fourth-order valence-electron chi connectivity index (χ4n) is 1.88. The number of para-hydroxylation sites is 1. The lowest BCUT2D eigenvalue weighted by molar-refractivity contribution is -0.131. The van der Waals surface area contributed by atoms with E-state index in [0.717, 1.165) is 11.6 Å². The summed E-state index contributed by atoms with van der Waals surface area (Å²) >= 11 is 0. The Labute approximate surface area is 128 Å². The number of hydrogen-bond acceptors (Lipinski definition) is 4. The second-order valence-electron chi connectivity index (χ2n) is 4.42. The number of ether oxygens (including phenoxy) is 2. The standard InChI is InChI=1S/C17H17NO4/c1-2-21-15-5-3-4-14(6-7-16(19)20)17(15)22-12-13-8-10-18-11-9-13/h3-11H,2,12H2,1H3,(H,19,20)/b7-6+. The van der Waals surface area contributed by atoms with Gasteiger partial charge in [0.1, 0.15) is 6.61 Å². The van der Waals surface area contributed by atoms with Gasteiger partial charge in [-0.15, -0.1) is 0 Å². The second kappa shape index (κ2) is 7.83. The number of carboxylic acid groups (broad SMARTS) is 1. The minimum absolute atomic E-state index is 0.348. The van der Waals surface area contributed by atoms with E-state index in [1.54, 1.807) is 30.6 Å². The van der Waals surface area contributed by atoms with Gasteiger partial charge in [-0.3, -0.25) is 4.98 Å². The highest BCUT2D eigenvalue weighted by molar-refractivity contribution is 5.86. The Morgan fingerprint density at radius 2 is 2.00 bits per heavy atom. The normalized spacial score (nSPS) is 10.6. The first-order valence-electron chi connectivity index (χ1n) is 6.89. The van der Waals surface area contributed by atoms with Crippen molar-refractivity contribution < 1.29 is 19.4 Å². The highest BCUT2D eigenvalue weighted by atomic mass is 16.5. The zero-order chi connectivity index (χ0) is 15.8. The van der Waals surface area contributed by atoms with Gasteiger partial charge in [-0.2, -0.15) is 0 Å². The van der Waals surface area contributed by atoms with Crippen molar-refractivity contribution in [2.24, 2.45) is 0 Å². The summed E-state index contributed by atoms with van der Waals surface area (Å²) in [6.07, 6.45) is 5.95. The number of nitrogens with zero attached hydrogens (tertiary/aromatic N) is 1. The molecule has 0 unspecified atom stereocenters. The van der Waals surface area contributed by atoms with Crippen LogP contribution in [0.4, 0.5) is 0 Å². The van der Waals surface area contributed by atoms with Crippen molar-refractivity contribution in [2.75, 3.05) is 6.61 Å². The van der Waals surface area contributed by atoms with Gasteiger partial charge in [0.2, 0.25) is 0 Å². The zero-order valence-electron chi connectivity index (χ0n) is 12.2. The molecule has 1 aromatic carbocycles. The maximum absolute atomic E-state index is 10.7. The smallest absolute Gasteiger partial charge is 0.328 e. The van der Waals surface area contributed by atoms with E-state index in [4.69, 9.17) is 14.6 Å². The third kappa shape index (κ3) is 4.34. The molecule has 0 aliphatic heterocycles. The number of aliphatic carboxylic acids is 1. The van der Waals surface area contributed by atoms with Crippen LogP contribution in [0.5, 0.6) is 11.5 Å². The quantitative estimate of drug-likeness (QED) is 0.795. The molecule has 114 valence electrons. The minimum Gasteiger partial charge on any atom is -0.490 e. The molecule has 1 aromatic heterocycles. The van der Waals surface area contributed by atoms with Crippen molar-refractivity contribution in [3.63, 3.8) is 0 Å². The van der Waals surface area contributed by atoms with Gasteiger partial charge >= 0.3 is 5.97 Å². The molecule has 0 saturated heterocycles. The van der Waals surface area contributed by atoms with Gasteiger partial charge in [0.25, 0.3) is 0 Å². The Morgan fingerprint density at radius 3 is 2.68 bits per heavy atom. The van der Waals surface area contributed by atoms with E-state index in [2.05, 4.69) is 4.98 Å². The second-order valence-corrected chi connectivity index (χ2v) is 4.42. The predicted molar refractivity (Wildman–Crippen MR) is 82.8 cm³/mol. The Balaban J connectivity index is 2.26. The molecular formula is C17H17NO4. The molecule has 0 atom stereocenters. The molecular weight excluding hydrogens is 282 g/mol. The van der Waals surface area contributed by atoms with Crippen molar-refractivity contribution >= 4 is 12.0 Å². The van der Waals surface area contributed by atoms with Gasteiger partial charge < -0.3 is 14.6 Å². The average Bonchev–Trinajstić information content (AvgIpc) is 2.53. The molecule has 0 saturated carbocycles. The third-order valence-corrected chi connectivity index (χ3v) is 2.85. The van der Waals surface area contributed by atoms with Crippen LogP contribution < -0.4 is 9.47 Å². The van der Waals surface area contributed by atoms with Gasteiger partial charge in [-0.1, -0.05) is 12.1 Å². The van der Waals surface area contributed by atoms with Crippen LogP contribution >= 0.6 is 0 Å². The summed E-state index contributed by atoms with van der Waals surface area (Å²) < 4.78 is 11.4. The first-order valence-corrected chi connectivity index (χ1v) is 6.89. The lowest BCUT2D eigenvalue weighted by atomic mass is 10.1. The van der Waals surface area contributed by atoms with E-state index in [1.807, 2.05) is 19.1 Å². The number of pyridine rings is 1. The average molecular weight is 299 g/mol. The topological polar surface area (TPSA) is 68.7 Å². The van der Waals surface area contributed by atoms with E-state index >= 15 is 0 Å². The fraction of sp³-hybridized carbons (Fsp3) is 0.176. The van der Waals surface area contributed by atoms with Gasteiger partial charge in [-0.05, 0) is 36.8 Å². The van der Waals surface area contributed by atoms with Crippen LogP contribution in [0.15, 0.2) is 48.8 Å².